The highest BCUT2D eigenvalue weighted by Gasteiger charge is 2.06. The maximum atomic E-state index is 11.4. The van der Waals surface area contributed by atoms with Gasteiger partial charge in [-0.25, -0.2) is 0 Å². The summed E-state index contributed by atoms with van der Waals surface area (Å²) in [7, 11) is 1.72. The molecule has 0 aliphatic rings. The predicted octanol–water partition coefficient (Wildman–Crippen LogP) is -0.0869. The van der Waals surface area contributed by atoms with Gasteiger partial charge in [-0.15, -0.1) is 0 Å². The van der Waals surface area contributed by atoms with Crippen LogP contribution >= 0.6 is 0 Å². The van der Waals surface area contributed by atoms with Crippen LogP contribution in [0.25, 0.3) is 0 Å². The van der Waals surface area contributed by atoms with Gasteiger partial charge in [-0.2, -0.15) is 0 Å². The minimum absolute atomic E-state index is 0.0703. The maximum absolute atomic E-state index is 11.4. The molecule has 0 saturated heterocycles. The molecule has 1 aromatic rings. The first-order valence-electron chi connectivity index (χ1n) is 4.11. The van der Waals surface area contributed by atoms with Crippen molar-refractivity contribution in [2.45, 2.75) is 19.8 Å². The van der Waals surface area contributed by atoms with Gasteiger partial charge in [0.1, 0.15) is 0 Å². The molecule has 68 valence electrons. The normalized spacial score (nSPS) is 10.6. The molecule has 0 bridgehead atoms. The second-order valence-corrected chi connectivity index (χ2v) is 2.97. The number of H-pyrrole nitrogens is 1. The van der Waals surface area contributed by atoms with Gasteiger partial charge in [0.25, 0.3) is 5.56 Å². The van der Waals surface area contributed by atoms with Crippen LogP contribution in [-0.4, -0.2) is 16.3 Å². The van der Waals surface area contributed by atoms with E-state index < -0.39 is 0 Å². The van der Waals surface area contributed by atoms with Gasteiger partial charge in [-0.05, 0) is 26.3 Å². The molecule has 0 fully saturated rings. The summed E-state index contributed by atoms with van der Waals surface area (Å²) in [5, 5.41) is 2.95. The highest BCUT2D eigenvalue weighted by atomic mass is 16.1. The third-order valence-corrected chi connectivity index (χ3v) is 1.98. The molecule has 12 heavy (non-hydrogen) atoms. The molecule has 0 aliphatic heterocycles. The van der Waals surface area contributed by atoms with Crippen molar-refractivity contribution in [1.82, 2.24) is 9.78 Å². The zero-order valence-electron chi connectivity index (χ0n) is 7.55. The predicted molar refractivity (Wildman–Crippen MR) is 48.1 cm³/mol. The molecule has 4 nitrogen and oxygen atoms in total. The SMILES string of the molecule is Cc1[nH]n(C)c(=O)c1CCCN. The van der Waals surface area contributed by atoms with Crippen molar-refractivity contribution >= 4 is 0 Å². The first-order valence-corrected chi connectivity index (χ1v) is 4.11. The van der Waals surface area contributed by atoms with Crippen LogP contribution in [0, 0.1) is 6.92 Å². The van der Waals surface area contributed by atoms with Crippen LogP contribution in [0.1, 0.15) is 17.7 Å². The van der Waals surface area contributed by atoms with E-state index in [0.29, 0.717) is 6.54 Å². The van der Waals surface area contributed by atoms with Gasteiger partial charge in [0.15, 0.2) is 0 Å². The van der Waals surface area contributed by atoms with E-state index in [1.54, 1.807) is 7.05 Å². The van der Waals surface area contributed by atoms with E-state index >= 15 is 0 Å². The van der Waals surface area contributed by atoms with E-state index in [4.69, 9.17) is 5.73 Å². The molecular formula is C8H15N3O. The van der Waals surface area contributed by atoms with Crippen LogP contribution in [0.3, 0.4) is 0 Å². The van der Waals surface area contributed by atoms with Crippen LogP contribution in [0.15, 0.2) is 4.79 Å². The van der Waals surface area contributed by atoms with Gasteiger partial charge in [0.05, 0.1) is 0 Å². The first kappa shape index (κ1) is 9.06. The Bertz CT molecular complexity index is 311. The summed E-state index contributed by atoms with van der Waals surface area (Å²) in [5.41, 5.74) is 7.25. The second kappa shape index (κ2) is 3.58. The lowest BCUT2D eigenvalue weighted by atomic mass is 10.1. The van der Waals surface area contributed by atoms with Crippen molar-refractivity contribution in [3.63, 3.8) is 0 Å². The molecule has 0 aliphatic carbocycles. The number of hydrogen-bond acceptors (Lipinski definition) is 2. The van der Waals surface area contributed by atoms with Crippen LogP contribution in [0.5, 0.6) is 0 Å². The van der Waals surface area contributed by atoms with Crippen LogP contribution in [-0.2, 0) is 13.5 Å². The fourth-order valence-corrected chi connectivity index (χ4v) is 1.31. The highest BCUT2D eigenvalue weighted by molar-refractivity contribution is 5.15. The number of hydrogen-bond donors (Lipinski definition) is 2. The Kier molecular flexibility index (Phi) is 2.70. The largest absolute Gasteiger partial charge is 0.330 e. The Morgan fingerprint density at radius 2 is 2.25 bits per heavy atom. The summed E-state index contributed by atoms with van der Waals surface area (Å²) in [4.78, 5) is 11.4. The van der Waals surface area contributed by atoms with Crippen LogP contribution in [0.4, 0.5) is 0 Å². The average Bonchev–Trinajstić information content (AvgIpc) is 2.25. The van der Waals surface area contributed by atoms with Crippen molar-refractivity contribution < 1.29 is 0 Å². The Morgan fingerprint density at radius 3 is 2.67 bits per heavy atom. The van der Waals surface area contributed by atoms with Crippen molar-refractivity contribution in [2.24, 2.45) is 12.8 Å². The highest BCUT2D eigenvalue weighted by Crippen LogP contribution is 2.00. The number of rotatable bonds is 3. The Morgan fingerprint density at radius 1 is 1.58 bits per heavy atom. The minimum Gasteiger partial charge on any atom is -0.330 e. The number of nitrogens with zero attached hydrogens (tertiary/aromatic N) is 1. The Labute approximate surface area is 71.4 Å². The maximum Gasteiger partial charge on any atom is 0.269 e. The van der Waals surface area contributed by atoms with Gasteiger partial charge in [-0.3, -0.25) is 14.6 Å². The van der Waals surface area contributed by atoms with Gasteiger partial charge < -0.3 is 5.73 Å². The Hall–Kier alpha value is -1.03. The van der Waals surface area contributed by atoms with E-state index in [1.807, 2.05) is 6.92 Å². The van der Waals surface area contributed by atoms with Crippen molar-refractivity contribution in [3.8, 4) is 0 Å². The lowest BCUT2D eigenvalue weighted by Crippen LogP contribution is -2.16. The summed E-state index contributed by atoms with van der Waals surface area (Å²) in [6.07, 6.45) is 1.65. The molecule has 1 rings (SSSR count). The van der Waals surface area contributed by atoms with E-state index in [9.17, 15) is 4.79 Å². The van der Waals surface area contributed by atoms with Crippen LogP contribution < -0.4 is 11.3 Å². The molecule has 0 radical (unpaired) electrons. The van der Waals surface area contributed by atoms with Crippen molar-refractivity contribution in [2.75, 3.05) is 6.54 Å². The molecular weight excluding hydrogens is 154 g/mol. The number of aromatic nitrogens is 2. The molecule has 1 heterocycles. The zero-order valence-corrected chi connectivity index (χ0v) is 7.55. The monoisotopic (exact) mass is 169 g/mol. The number of nitrogens with one attached hydrogen (secondary N) is 1. The minimum atomic E-state index is 0.0703. The van der Waals surface area contributed by atoms with Gasteiger partial charge >= 0.3 is 0 Å². The van der Waals surface area contributed by atoms with Gasteiger partial charge in [0.2, 0.25) is 0 Å². The number of nitrogens with two attached hydrogens (primary N) is 1. The molecule has 0 amide bonds. The molecule has 1 aromatic heterocycles. The number of aryl methyl sites for hydroxylation is 2. The second-order valence-electron chi connectivity index (χ2n) is 2.97. The lowest BCUT2D eigenvalue weighted by molar-refractivity contribution is 0.728. The van der Waals surface area contributed by atoms with E-state index in [-0.39, 0.29) is 5.56 Å². The quantitative estimate of drug-likeness (QED) is 0.664. The average molecular weight is 169 g/mol. The third kappa shape index (κ3) is 1.58. The molecule has 4 heteroatoms. The van der Waals surface area contributed by atoms with Crippen LogP contribution in [0.2, 0.25) is 0 Å². The summed E-state index contributed by atoms with van der Waals surface area (Å²) >= 11 is 0. The fraction of sp³-hybridized carbons (Fsp3) is 0.625. The van der Waals surface area contributed by atoms with Gasteiger partial charge in [-0.1, -0.05) is 0 Å². The lowest BCUT2D eigenvalue weighted by Gasteiger charge is -1.93. The molecule has 0 atom stereocenters. The number of aromatic amines is 1. The molecule has 0 aromatic carbocycles. The fourth-order valence-electron chi connectivity index (χ4n) is 1.31. The molecule has 0 saturated carbocycles. The molecule has 3 N–H and O–H groups in total. The van der Waals surface area contributed by atoms with Crippen molar-refractivity contribution in [1.29, 1.82) is 0 Å². The molecule has 0 unspecified atom stereocenters. The first-order chi connectivity index (χ1) is 5.66. The standard InChI is InChI=1S/C8H15N3O/c1-6-7(4-3-5-9)8(12)11(2)10-6/h10H,3-5,9H2,1-2H3. The topological polar surface area (TPSA) is 63.8 Å². The summed E-state index contributed by atoms with van der Waals surface area (Å²) in [6, 6.07) is 0. The van der Waals surface area contributed by atoms with Crippen molar-refractivity contribution in [3.05, 3.63) is 21.6 Å². The molecule has 0 spiro atoms. The summed E-state index contributed by atoms with van der Waals surface area (Å²) in [5.74, 6) is 0. The zero-order chi connectivity index (χ0) is 9.14. The van der Waals surface area contributed by atoms with E-state index in [2.05, 4.69) is 5.10 Å². The van der Waals surface area contributed by atoms with E-state index in [0.717, 1.165) is 24.1 Å². The Balaban J connectivity index is 2.90. The summed E-state index contributed by atoms with van der Waals surface area (Å²) < 4.78 is 1.50. The van der Waals surface area contributed by atoms with Gasteiger partial charge in [0, 0.05) is 18.3 Å². The smallest absolute Gasteiger partial charge is 0.269 e. The summed E-state index contributed by atoms with van der Waals surface area (Å²) in [6.45, 7) is 2.54. The third-order valence-electron chi connectivity index (χ3n) is 1.98. The van der Waals surface area contributed by atoms with E-state index in [1.165, 1.54) is 4.68 Å².